The van der Waals surface area contributed by atoms with Gasteiger partial charge in [-0.25, -0.2) is 4.98 Å². The van der Waals surface area contributed by atoms with Crippen molar-refractivity contribution in [1.29, 1.82) is 0 Å². The fraction of sp³-hybridized carbons (Fsp3) is 0.160. The standard InChI is InChI=1S/C25H23N7O/c33-25(22-3-1-2-9-26-22)32-11-7-16(8-12-32)23-14-19-21(6-10-27-24(19)30-23)29-18-4-5-20-17(13-18)15-28-31-20/h1-7,9-10,13-15,25,33H,8,11-12H2,(H,28,31)(H2,27,29,30). The van der Waals surface area contributed by atoms with Gasteiger partial charge in [-0.2, -0.15) is 5.10 Å². The van der Waals surface area contributed by atoms with Crippen LogP contribution < -0.4 is 5.32 Å². The number of anilines is 2. The van der Waals surface area contributed by atoms with Gasteiger partial charge < -0.3 is 15.4 Å². The normalized spacial score (nSPS) is 15.6. The summed E-state index contributed by atoms with van der Waals surface area (Å²) in [6.07, 6.45) is 7.64. The number of nitrogens with one attached hydrogen (secondary N) is 3. The molecule has 1 aliphatic rings. The van der Waals surface area contributed by atoms with Crippen LogP contribution in [0.5, 0.6) is 0 Å². The van der Waals surface area contributed by atoms with Crippen LogP contribution >= 0.6 is 0 Å². The molecule has 0 amide bonds. The monoisotopic (exact) mass is 437 g/mol. The van der Waals surface area contributed by atoms with E-state index >= 15 is 0 Å². The van der Waals surface area contributed by atoms with Gasteiger partial charge in [-0.15, -0.1) is 0 Å². The van der Waals surface area contributed by atoms with Crippen molar-refractivity contribution in [1.82, 2.24) is 30.0 Å². The lowest BCUT2D eigenvalue weighted by Crippen LogP contribution is -2.33. The highest BCUT2D eigenvalue weighted by Gasteiger charge is 2.22. The molecular weight excluding hydrogens is 414 g/mol. The van der Waals surface area contributed by atoms with E-state index < -0.39 is 6.23 Å². The Morgan fingerprint density at radius 1 is 1.06 bits per heavy atom. The van der Waals surface area contributed by atoms with Gasteiger partial charge in [0.25, 0.3) is 0 Å². The quantitative estimate of drug-likeness (QED) is 0.326. The zero-order valence-electron chi connectivity index (χ0n) is 17.9. The Kier molecular flexibility index (Phi) is 4.86. The molecule has 6 rings (SSSR count). The van der Waals surface area contributed by atoms with Crippen LogP contribution in [0.3, 0.4) is 0 Å². The molecule has 0 spiro atoms. The van der Waals surface area contributed by atoms with Crippen molar-refractivity contribution in [2.45, 2.75) is 12.6 Å². The summed E-state index contributed by atoms with van der Waals surface area (Å²) in [7, 11) is 0. The molecule has 5 heterocycles. The first-order valence-corrected chi connectivity index (χ1v) is 10.9. The lowest BCUT2D eigenvalue weighted by Gasteiger charge is -2.30. The van der Waals surface area contributed by atoms with Gasteiger partial charge in [0.15, 0.2) is 6.23 Å². The summed E-state index contributed by atoms with van der Waals surface area (Å²) >= 11 is 0. The third-order valence-electron chi connectivity index (χ3n) is 6.14. The number of aromatic amines is 2. The molecule has 0 bridgehead atoms. The van der Waals surface area contributed by atoms with E-state index in [0.717, 1.165) is 52.0 Å². The average Bonchev–Trinajstić information content (AvgIpc) is 3.52. The first-order valence-electron chi connectivity index (χ1n) is 10.9. The van der Waals surface area contributed by atoms with Gasteiger partial charge in [0.05, 0.1) is 23.1 Å². The molecule has 0 aliphatic carbocycles. The molecule has 8 heteroatoms. The Morgan fingerprint density at radius 2 is 2.03 bits per heavy atom. The number of hydrogen-bond donors (Lipinski definition) is 4. The second-order valence-electron chi connectivity index (χ2n) is 8.20. The highest BCUT2D eigenvalue weighted by Crippen LogP contribution is 2.32. The summed E-state index contributed by atoms with van der Waals surface area (Å²) in [5.41, 5.74) is 6.80. The van der Waals surface area contributed by atoms with Crippen molar-refractivity contribution >= 4 is 38.9 Å². The molecule has 4 aromatic heterocycles. The van der Waals surface area contributed by atoms with Crippen molar-refractivity contribution in [2.24, 2.45) is 0 Å². The van der Waals surface area contributed by atoms with Crippen LogP contribution in [-0.4, -0.2) is 48.2 Å². The second kappa shape index (κ2) is 8.16. The third kappa shape index (κ3) is 3.75. The molecule has 164 valence electrons. The first-order chi connectivity index (χ1) is 16.2. The van der Waals surface area contributed by atoms with Crippen molar-refractivity contribution < 1.29 is 5.11 Å². The van der Waals surface area contributed by atoms with E-state index in [-0.39, 0.29) is 0 Å². The van der Waals surface area contributed by atoms with Crippen LogP contribution in [0.2, 0.25) is 0 Å². The summed E-state index contributed by atoms with van der Waals surface area (Å²) in [4.78, 5) is 14.3. The van der Waals surface area contributed by atoms with Gasteiger partial charge in [0, 0.05) is 47.6 Å². The predicted octanol–water partition coefficient (Wildman–Crippen LogP) is 4.36. The molecule has 1 unspecified atom stereocenters. The summed E-state index contributed by atoms with van der Waals surface area (Å²) in [5, 5.41) is 23.3. The van der Waals surface area contributed by atoms with Crippen molar-refractivity contribution in [3.05, 3.63) is 84.6 Å². The Labute approximate surface area is 190 Å². The molecule has 1 atom stereocenters. The Hall–Kier alpha value is -4.01. The number of rotatable bonds is 5. The first kappa shape index (κ1) is 19.7. The fourth-order valence-electron chi connectivity index (χ4n) is 4.35. The number of aromatic nitrogens is 5. The molecule has 5 aromatic rings. The van der Waals surface area contributed by atoms with Crippen molar-refractivity contribution in [3.63, 3.8) is 0 Å². The van der Waals surface area contributed by atoms with Crippen LogP contribution in [0.15, 0.2) is 73.2 Å². The Bertz CT molecular complexity index is 1450. The van der Waals surface area contributed by atoms with Crippen LogP contribution in [0.25, 0.3) is 27.5 Å². The molecule has 1 aliphatic heterocycles. The van der Waals surface area contributed by atoms with Crippen LogP contribution in [0, 0.1) is 0 Å². The van der Waals surface area contributed by atoms with E-state index in [9.17, 15) is 5.11 Å². The van der Waals surface area contributed by atoms with Gasteiger partial charge in [-0.1, -0.05) is 12.1 Å². The number of aliphatic hydroxyl groups is 1. The van der Waals surface area contributed by atoms with E-state index in [1.165, 1.54) is 5.57 Å². The number of hydrogen-bond acceptors (Lipinski definition) is 6. The Balaban J connectivity index is 1.24. The lowest BCUT2D eigenvalue weighted by atomic mass is 10.0. The SMILES string of the molecule is OC(c1ccccn1)N1CC=C(c2cc3c(Nc4ccc5[nH]ncc5c4)ccnc3[nH]2)CC1. The molecule has 8 nitrogen and oxygen atoms in total. The zero-order chi connectivity index (χ0) is 22.2. The number of benzene rings is 1. The molecule has 0 fully saturated rings. The number of pyridine rings is 2. The fourth-order valence-corrected chi connectivity index (χ4v) is 4.35. The lowest BCUT2D eigenvalue weighted by molar-refractivity contribution is 0.00587. The maximum atomic E-state index is 10.6. The van der Waals surface area contributed by atoms with E-state index in [2.05, 4.69) is 48.7 Å². The number of H-pyrrole nitrogens is 2. The molecule has 4 N–H and O–H groups in total. The molecule has 0 saturated carbocycles. The smallest absolute Gasteiger partial charge is 0.150 e. The van der Waals surface area contributed by atoms with E-state index in [0.29, 0.717) is 12.2 Å². The minimum absolute atomic E-state index is 0.658. The molecule has 1 aromatic carbocycles. The second-order valence-corrected chi connectivity index (χ2v) is 8.20. The maximum absolute atomic E-state index is 10.6. The van der Waals surface area contributed by atoms with Crippen molar-refractivity contribution in [2.75, 3.05) is 18.4 Å². The zero-order valence-corrected chi connectivity index (χ0v) is 17.9. The summed E-state index contributed by atoms with van der Waals surface area (Å²) in [6, 6.07) is 15.9. The highest BCUT2D eigenvalue weighted by atomic mass is 16.3. The molecular formula is C25H23N7O. The molecule has 33 heavy (non-hydrogen) atoms. The van der Waals surface area contributed by atoms with E-state index in [1.54, 1.807) is 6.20 Å². The number of fused-ring (bicyclic) bond motifs is 2. The van der Waals surface area contributed by atoms with Crippen LogP contribution in [0.1, 0.15) is 24.0 Å². The largest absolute Gasteiger partial charge is 0.372 e. The maximum Gasteiger partial charge on any atom is 0.150 e. The van der Waals surface area contributed by atoms with Gasteiger partial charge in [0.2, 0.25) is 0 Å². The third-order valence-corrected chi connectivity index (χ3v) is 6.14. The molecule has 0 radical (unpaired) electrons. The van der Waals surface area contributed by atoms with Gasteiger partial charge in [-0.3, -0.25) is 15.0 Å². The minimum Gasteiger partial charge on any atom is -0.372 e. The Morgan fingerprint density at radius 3 is 2.88 bits per heavy atom. The average molecular weight is 438 g/mol. The van der Waals surface area contributed by atoms with Crippen molar-refractivity contribution in [3.8, 4) is 0 Å². The summed E-state index contributed by atoms with van der Waals surface area (Å²) < 4.78 is 0. The summed E-state index contributed by atoms with van der Waals surface area (Å²) in [6.45, 7) is 1.41. The van der Waals surface area contributed by atoms with Crippen LogP contribution in [-0.2, 0) is 0 Å². The molecule has 0 saturated heterocycles. The topological polar surface area (TPSA) is 106 Å². The minimum atomic E-state index is -0.697. The van der Waals surface area contributed by atoms with E-state index in [4.69, 9.17) is 0 Å². The highest BCUT2D eigenvalue weighted by molar-refractivity contribution is 5.95. The number of nitrogens with zero attached hydrogens (tertiary/aromatic N) is 4. The summed E-state index contributed by atoms with van der Waals surface area (Å²) in [5.74, 6) is 0. The van der Waals surface area contributed by atoms with Gasteiger partial charge in [0.1, 0.15) is 5.65 Å². The van der Waals surface area contributed by atoms with Gasteiger partial charge >= 0.3 is 0 Å². The van der Waals surface area contributed by atoms with Gasteiger partial charge in [-0.05, 0) is 54.5 Å². The van der Waals surface area contributed by atoms with Crippen LogP contribution in [0.4, 0.5) is 11.4 Å². The van der Waals surface area contributed by atoms with E-state index in [1.807, 2.05) is 53.7 Å². The predicted molar refractivity (Wildman–Crippen MR) is 129 cm³/mol. The number of aliphatic hydroxyl groups excluding tert-OH is 1.